The lowest BCUT2D eigenvalue weighted by molar-refractivity contribution is -0.123. The van der Waals surface area contributed by atoms with Crippen LogP contribution in [0.2, 0.25) is 0 Å². The number of amides is 1. The number of carbonyl (C=O) groups is 1. The zero-order valence-electron chi connectivity index (χ0n) is 16.9. The van der Waals surface area contributed by atoms with E-state index in [1.807, 2.05) is 13.0 Å². The van der Waals surface area contributed by atoms with Crippen LogP contribution in [0.1, 0.15) is 25.3 Å². The van der Waals surface area contributed by atoms with Crippen molar-refractivity contribution in [2.75, 3.05) is 65.6 Å². The highest BCUT2D eigenvalue weighted by Gasteiger charge is 2.29. The maximum absolute atomic E-state index is 12.4. The lowest BCUT2D eigenvalue weighted by Crippen LogP contribution is -2.56. The minimum atomic E-state index is -0.0478. The molecule has 1 aromatic rings. The summed E-state index contributed by atoms with van der Waals surface area (Å²) in [5.41, 5.74) is 0.928. The van der Waals surface area contributed by atoms with Gasteiger partial charge in [0.2, 0.25) is 5.91 Å². The summed E-state index contributed by atoms with van der Waals surface area (Å²) in [5.74, 6) is 0.956. The molecule has 0 aliphatic carbocycles. The molecule has 0 aromatic carbocycles. The molecule has 0 bridgehead atoms. The molecule has 2 fully saturated rings. The molecule has 27 heavy (non-hydrogen) atoms. The molecule has 0 unspecified atom stereocenters. The molecule has 2 aliphatic rings. The molecule has 1 aromatic heterocycles. The standard InChI is InChI=1S/C19H33N5O3/c1-16-12-17(21-27-16)13-22-4-6-23(7-5-22)14-18(25)20-15-19(2,3)24-8-10-26-11-9-24/h12H,4-11,13-15H2,1-3H3,(H,20,25). The Morgan fingerprint density at radius 3 is 2.44 bits per heavy atom. The van der Waals surface area contributed by atoms with Crippen molar-refractivity contribution in [1.82, 2.24) is 25.2 Å². The highest BCUT2D eigenvalue weighted by atomic mass is 16.5. The molecule has 152 valence electrons. The Morgan fingerprint density at radius 2 is 1.81 bits per heavy atom. The Bertz CT molecular complexity index is 604. The van der Waals surface area contributed by atoms with Crippen molar-refractivity contribution in [2.45, 2.75) is 32.9 Å². The number of morpholine rings is 1. The first-order chi connectivity index (χ1) is 12.9. The van der Waals surface area contributed by atoms with E-state index in [9.17, 15) is 4.79 Å². The van der Waals surface area contributed by atoms with E-state index in [2.05, 4.69) is 39.0 Å². The summed E-state index contributed by atoms with van der Waals surface area (Å²) in [6.45, 7) is 15.3. The van der Waals surface area contributed by atoms with Gasteiger partial charge in [-0.3, -0.25) is 19.5 Å². The summed E-state index contributed by atoms with van der Waals surface area (Å²) in [6.07, 6.45) is 0. The third kappa shape index (κ3) is 6.00. The molecule has 1 amide bonds. The number of rotatable bonds is 7. The van der Waals surface area contributed by atoms with E-state index >= 15 is 0 Å². The van der Waals surface area contributed by atoms with Crippen molar-refractivity contribution in [3.05, 3.63) is 17.5 Å². The van der Waals surface area contributed by atoms with Gasteiger partial charge in [-0.2, -0.15) is 0 Å². The van der Waals surface area contributed by atoms with Crippen LogP contribution in [0.15, 0.2) is 10.6 Å². The molecular weight excluding hydrogens is 346 g/mol. The number of hydrogen-bond acceptors (Lipinski definition) is 7. The number of piperazine rings is 1. The molecule has 0 spiro atoms. The maximum Gasteiger partial charge on any atom is 0.234 e. The second-order valence-corrected chi connectivity index (χ2v) is 8.17. The largest absolute Gasteiger partial charge is 0.379 e. The quantitative estimate of drug-likeness (QED) is 0.732. The number of carbonyl (C=O) groups excluding carboxylic acids is 1. The molecule has 3 rings (SSSR count). The molecule has 2 saturated heterocycles. The lowest BCUT2D eigenvalue weighted by Gasteiger charge is -2.41. The lowest BCUT2D eigenvalue weighted by atomic mass is 10.0. The van der Waals surface area contributed by atoms with Crippen molar-refractivity contribution >= 4 is 5.91 Å². The van der Waals surface area contributed by atoms with Crippen LogP contribution in [-0.4, -0.2) is 96.9 Å². The average Bonchev–Trinajstić information content (AvgIpc) is 3.07. The maximum atomic E-state index is 12.4. The van der Waals surface area contributed by atoms with E-state index in [1.54, 1.807) is 0 Å². The Morgan fingerprint density at radius 1 is 1.15 bits per heavy atom. The van der Waals surface area contributed by atoms with Gasteiger partial charge in [0.05, 0.1) is 25.5 Å². The number of nitrogens with one attached hydrogen (secondary N) is 1. The fraction of sp³-hybridized carbons (Fsp3) is 0.789. The average molecular weight is 380 g/mol. The first-order valence-corrected chi connectivity index (χ1v) is 9.89. The summed E-state index contributed by atoms with van der Waals surface area (Å²) in [7, 11) is 0. The molecule has 2 aliphatic heterocycles. The Labute approximate surface area is 161 Å². The van der Waals surface area contributed by atoms with Crippen LogP contribution in [0.5, 0.6) is 0 Å². The van der Waals surface area contributed by atoms with E-state index in [-0.39, 0.29) is 11.4 Å². The number of nitrogens with zero attached hydrogens (tertiary/aromatic N) is 4. The third-order valence-corrected chi connectivity index (χ3v) is 5.48. The summed E-state index contributed by atoms with van der Waals surface area (Å²) in [4.78, 5) is 19.4. The Balaban J connectivity index is 1.35. The van der Waals surface area contributed by atoms with Gasteiger partial charge >= 0.3 is 0 Å². The summed E-state index contributed by atoms with van der Waals surface area (Å²) < 4.78 is 10.5. The fourth-order valence-electron chi connectivity index (χ4n) is 3.68. The van der Waals surface area contributed by atoms with Gasteiger partial charge in [0.25, 0.3) is 0 Å². The minimum absolute atomic E-state index is 0.0478. The first-order valence-electron chi connectivity index (χ1n) is 9.89. The molecule has 3 heterocycles. The minimum Gasteiger partial charge on any atom is -0.379 e. The van der Waals surface area contributed by atoms with Crippen molar-refractivity contribution in [3.63, 3.8) is 0 Å². The van der Waals surface area contributed by atoms with Crippen LogP contribution in [0.25, 0.3) is 0 Å². The summed E-state index contributed by atoms with van der Waals surface area (Å²) >= 11 is 0. The fourth-order valence-corrected chi connectivity index (χ4v) is 3.68. The van der Waals surface area contributed by atoms with E-state index < -0.39 is 0 Å². The molecule has 0 saturated carbocycles. The molecule has 1 N–H and O–H groups in total. The second-order valence-electron chi connectivity index (χ2n) is 8.17. The molecular formula is C19H33N5O3. The number of aromatic nitrogens is 1. The van der Waals surface area contributed by atoms with Crippen molar-refractivity contribution in [2.24, 2.45) is 0 Å². The molecule has 8 heteroatoms. The van der Waals surface area contributed by atoms with Crippen LogP contribution in [-0.2, 0) is 16.1 Å². The van der Waals surface area contributed by atoms with Gasteiger partial charge in [-0.15, -0.1) is 0 Å². The van der Waals surface area contributed by atoms with E-state index in [0.29, 0.717) is 13.1 Å². The highest BCUT2D eigenvalue weighted by molar-refractivity contribution is 5.78. The van der Waals surface area contributed by atoms with Gasteiger partial charge in [-0.1, -0.05) is 5.16 Å². The summed E-state index contributed by atoms with van der Waals surface area (Å²) in [6, 6.07) is 1.98. The van der Waals surface area contributed by atoms with Gasteiger partial charge in [-0.05, 0) is 20.8 Å². The smallest absolute Gasteiger partial charge is 0.234 e. The zero-order valence-corrected chi connectivity index (χ0v) is 16.9. The van der Waals surface area contributed by atoms with E-state index in [4.69, 9.17) is 9.26 Å². The van der Waals surface area contributed by atoms with Crippen molar-refractivity contribution < 1.29 is 14.1 Å². The van der Waals surface area contributed by atoms with Gasteiger partial charge < -0.3 is 14.6 Å². The molecule has 8 nitrogen and oxygen atoms in total. The highest BCUT2D eigenvalue weighted by Crippen LogP contribution is 2.15. The number of ether oxygens (including phenoxy) is 1. The number of aryl methyl sites for hydroxylation is 1. The Kier molecular flexibility index (Phi) is 6.86. The van der Waals surface area contributed by atoms with Gasteiger partial charge in [-0.25, -0.2) is 0 Å². The normalized spacial score (nSPS) is 20.7. The van der Waals surface area contributed by atoms with Gasteiger partial charge in [0.15, 0.2) is 0 Å². The van der Waals surface area contributed by atoms with Crippen LogP contribution in [0.4, 0.5) is 0 Å². The van der Waals surface area contributed by atoms with Gasteiger partial charge in [0, 0.05) is 64.0 Å². The van der Waals surface area contributed by atoms with Crippen LogP contribution >= 0.6 is 0 Å². The van der Waals surface area contributed by atoms with Crippen LogP contribution < -0.4 is 5.32 Å². The summed E-state index contributed by atoms with van der Waals surface area (Å²) in [5, 5.41) is 7.18. The van der Waals surface area contributed by atoms with Gasteiger partial charge in [0.1, 0.15) is 5.76 Å². The van der Waals surface area contributed by atoms with E-state index in [0.717, 1.165) is 70.5 Å². The predicted molar refractivity (Wildman–Crippen MR) is 102 cm³/mol. The van der Waals surface area contributed by atoms with Crippen molar-refractivity contribution in [1.29, 1.82) is 0 Å². The SMILES string of the molecule is Cc1cc(CN2CCN(CC(=O)NCC(C)(C)N3CCOCC3)CC2)no1. The molecule has 0 radical (unpaired) electrons. The third-order valence-electron chi connectivity index (χ3n) is 5.48. The second kappa shape index (κ2) is 9.14. The Hall–Kier alpha value is -1.48. The van der Waals surface area contributed by atoms with Crippen LogP contribution in [0, 0.1) is 6.92 Å². The monoisotopic (exact) mass is 379 g/mol. The first kappa shape index (κ1) is 20.3. The van der Waals surface area contributed by atoms with E-state index in [1.165, 1.54) is 0 Å². The molecule has 0 atom stereocenters. The van der Waals surface area contributed by atoms with Crippen LogP contribution in [0.3, 0.4) is 0 Å². The number of hydrogen-bond donors (Lipinski definition) is 1. The van der Waals surface area contributed by atoms with Crippen molar-refractivity contribution in [3.8, 4) is 0 Å². The predicted octanol–water partition coefficient (Wildman–Crippen LogP) is 0.328. The topological polar surface area (TPSA) is 74.1 Å². The zero-order chi connectivity index (χ0) is 19.3.